The molecule has 0 radical (unpaired) electrons. The Kier molecular flexibility index (Phi) is 10.1. The van der Waals surface area contributed by atoms with Gasteiger partial charge in [-0.25, -0.2) is 0 Å². The summed E-state index contributed by atoms with van der Waals surface area (Å²) in [5, 5.41) is 9.25. The van der Waals surface area contributed by atoms with E-state index >= 15 is 0 Å². The predicted octanol–water partition coefficient (Wildman–Crippen LogP) is 4.86. The average molecular weight is 549 g/mol. The van der Waals surface area contributed by atoms with Crippen molar-refractivity contribution in [1.82, 2.24) is 4.90 Å². The molecule has 0 aromatic heterocycles. The molecule has 0 aliphatic rings. The predicted molar refractivity (Wildman–Crippen MR) is 152 cm³/mol. The van der Waals surface area contributed by atoms with Gasteiger partial charge in [0.15, 0.2) is 11.5 Å². The normalized spacial score (nSPS) is 11.6. The molecule has 0 fully saturated rings. The second-order valence-electron chi connectivity index (χ2n) is 9.67. The molecular weight excluding hydrogens is 512 g/mol. The van der Waals surface area contributed by atoms with Crippen molar-refractivity contribution < 1.29 is 33.7 Å². The number of benzene rings is 3. The summed E-state index contributed by atoms with van der Waals surface area (Å²) in [7, 11) is 4.43. The van der Waals surface area contributed by atoms with Crippen LogP contribution in [-0.4, -0.2) is 55.2 Å². The number of nitrogens with zero attached hydrogens (tertiary/aromatic N) is 1. The number of hydrogen-bond acceptors (Lipinski definition) is 6. The van der Waals surface area contributed by atoms with Crippen LogP contribution in [0, 0.1) is 0 Å². The number of hydrogen-bond donors (Lipinski definition) is 2. The first-order valence-corrected chi connectivity index (χ1v) is 12.9. The highest BCUT2D eigenvalue weighted by molar-refractivity contribution is 5.97. The summed E-state index contributed by atoms with van der Waals surface area (Å²) in [6.07, 6.45) is -0.473. The van der Waals surface area contributed by atoms with Gasteiger partial charge in [-0.2, -0.15) is 0 Å². The number of methoxy groups -OCH3 is 3. The summed E-state index contributed by atoms with van der Waals surface area (Å²) >= 11 is 0. The van der Waals surface area contributed by atoms with Crippen LogP contribution < -0.4 is 19.9 Å². The van der Waals surface area contributed by atoms with Crippen LogP contribution in [0.25, 0.3) is 11.1 Å². The van der Waals surface area contributed by atoms with E-state index in [1.54, 1.807) is 24.3 Å². The number of carboxylic acids is 1. The highest BCUT2D eigenvalue weighted by Gasteiger charge is 2.30. The summed E-state index contributed by atoms with van der Waals surface area (Å²) < 4.78 is 16.2. The van der Waals surface area contributed by atoms with E-state index in [0.717, 1.165) is 11.1 Å². The molecular formula is C31H36N2O7. The number of carbonyl (C=O) groups is 3. The first kappa shape index (κ1) is 30.0. The van der Waals surface area contributed by atoms with Crippen molar-refractivity contribution in [2.45, 2.75) is 45.2 Å². The van der Waals surface area contributed by atoms with Crippen molar-refractivity contribution in [3.8, 4) is 28.4 Å². The number of aliphatic carboxylic acids is 1. The second kappa shape index (κ2) is 13.5. The van der Waals surface area contributed by atoms with Gasteiger partial charge in [0, 0.05) is 18.5 Å². The Morgan fingerprint density at radius 1 is 0.850 bits per heavy atom. The summed E-state index contributed by atoms with van der Waals surface area (Å²) in [5.74, 6) is -0.824. The minimum Gasteiger partial charge on any atom is -0.493 e. The van der Waals surface area contributed by atoms with Crippen LogP contribution in [0.3, 0.4) is 0 Å². The molecule has 0 saturated carbocycles. The lowest BCUT2D eigenvalue weighted by Gasteiger charge is -2.30. The standard InChI is InChI=1S/C31H36N2O7/c1-19(2)21-6-8-22(9-7-21)23-10-12-24(13-11-23)31(37)33(25(30(32)36)14-15-28(34)35)18-20-16-26(38-3)29(40-5)27(17-20)39-4/h6-13,16-17,19,25H,14-15,18H2,1-5H3,(H2,32,36)(H,34,35)/t25-/m0/s1. The summed E-state index contributed by atoms with van der Waals surface area (Å²) in [6, 6.07) is 17.5. The van der Waals surface area contributed by atoms with Crippen LogP contribution in [0.5, 0.6) is 17.2 Å². The highest BCUT2D eigenvalue weighted by atomic mass is 16.5. The Morgan fingerprint density at radius 3 is 1.80 bits per heavy atom. The first-order chi connectivity index (χ1) is 19.1. The second-order valence-corrected chi connectivity index (χ2v) is 9.67. The largest absolute Gasteiger partial charge is 0.493 e. The molecule has 3 N–H and O–H groups in total. The number of primary amides is 1. The average Bonchev–Trinajstić information content (AvgIpc) is 2.95. The Morgan fingerprint density at radius 2 is 1.38 bits per heavy atom. The van der Waals surface area contributed by atoms with E-state index in [2.05, 4.69) is 26.0 Å². The molecule has 0 aliphatic carbocycles. The molecule has 0 spiro atoms. The Hall–Kier alpha value is -4.53. The fourth-order valence-corrected chi connectivity index (χ4v) is 4.49. The highest BCUT2D eigenvalue weighted by Crippen LogP contribution is 2.38. The summed E-state index contributed by atoms with van der Waals surface area (Å²) in [5.41, 5.74) is 9.77. The zero-order valence-corrected chi connectivity index (χ0v) is 23.5. The fourth-order valence-electron chi connectivity index (χ4n) is 4.49. The topological polar surface area (TPSA) is 128 Å². The van der Waals surface area contributed by atoms with E-state index in [1.165, 1.54) is 31.8 Å². The number of nitrogens with two attached hydrogens (primary N) is 1. The van der Waals surface area contributed by atoms with Gasteiger partial charge in [-0.1, -0.05) is 50.2 Å². The van der Waals surface area contributed by atoms with Gasteiger partial charge in [-0.05, 0) is 58.9 Å². The van der Waals surface area contributed by atoms with E-state index < -0.39 is 23.8 Å². The lowest BCUT2D eigenvalue weighted by molar-refractivity contribution is -0.137. The van der Waals surface area contributed by atoms with Gasteiger partial charge < -0.3 is 30.0 Å². The summed E-state index contributed by atoms with van der Waals surface area (Å²) in [4.78, 5) is 38.9. The Balaban J connectivity index is 1.99. The van der Waals surface area contributed by atoms with Crippen molar-refractivity contribution in [2.24, 2.45) is 5.73 Å². The minimum atomic E-state index is -1.16. The number of carbonyl (C=O) groups excluding carboxylic acids is 2. The van der Waals surface area contributed by atoms with E-state index in [-0.39, 0.29) is 19.4 Å². The molecule has 0 aliphatic heterocycles. The first-order valence-electron chi connectivity index (χ1n) is 12.9. The Bertz CT molecular complexity index is 1310. The maximum absolute atomic E-state index is 13.8. The van der Waals surface area contributed by atoms with E-state index in [9.17, 15) is 19.5 Å². The maximum atomic E-state index is 13.8. The molecule has 0 saturated heterocycles. The smallest absolute Gasteiger partial charge is 0.303 e. The third-order valence-corrected chi connectivity index (χ3v) is 6.72. The van der Waals surface area contributed by atoms with Crippen molar-refractivity contribution in [3.63, 3.8) is 0 Å². The zero-order valence-electron chi connectivity index (χ0n) is 23.5. The molecule has 2 amide bonds. The maximum Gasteiger partial charge on any atom is 0.303 e. The molecule has 3 aromatic carbocycles. The molecule has 9 heteroatoms. The Labute approximate surface area is 234 Å². The van der Waals surface area contributed by atoms with Crippen LogP contribution in [0.15, 0.2) is 60.7 Å². The van der Waals surface area contributed by atoms with Crippen LogP contribution in [0.2, 0.25) is 0 Å². The SMILES string of the molecule is COc1cc(CN(C(=O)c2ccc(-c3ccc(C(C)C)cc3)cc2)[C@@H](CCC(=O)O)C(N)=O)cc(OC)c1OC. The third kappa shape index (κ3) is 7.11. The summed E-state index contributed by atoms with van der Waals surface area (Å²) in [6.45, 7) is 4.21. The molecule has 3 aromatic rings. The van der Waals surface area contributed by atoms with Crippen LogP contribution >= 0.6 is 0 Å². The van der Waals surface area contributed by atoms with E-state index in [0.29, 0.717) is 34.3 Å². The van der Waals surface area contributed by atoms with Crippen molar-refractivity contribution in [3.05, 3.63) is 77.4 Å². The van der Waals surface area contributed by atoms with Crippen LogP contribution in [-0.2, 0) is 16.1 Å². The molecule has 9 nitrogen and oxygen atoms in total. The van der Waals surface area contributed by atoms with Gasteiger partial charge in [0.25, 0.3) is 5.91 Å². The molecule has 1 atom stereocenters. The number of carboxylic acid groups (broad SMARTS) is 1. The van der Waals surface area contributed by atoms with Gasteiger partial charge in [0.05, 0.1) is 21.3 Å². The van der Waals surface area contributed by atoms with E-state index in [1.807, 2.05) is 24.3 Å². The van der Waals surface area contributed by atoms with Crippen LogP contribution in [0.1, 0.15) is 54.1 Å². The third-order valence-electron chi connectivity index (χ3n) is 6.72. The fraction of sp³-hybridized carbons (Fsp3) is 0.323. The van der Waals surface area contributed by atoms with Gasteiger partial charge >= 0.3 is 5.97 Å². The molecule has 0 bridgehead atoms. The lowest BCUT2D eigenvalue weighted by atomic mass is 9.98. The van der Waals surface area contributed by atoms with Crippen molar-refractivity contribution in [2.75, 3.05) is 21.3 Å². The molecule has 3 rings (SSSR count). The molecule has 40 heavy (non-hydrogen) atoms. The minimum absolute atomic E-state index is 0.0544. The monoisotopic (exact) mass is 548 g/mol. The molecule has 212 valence electrons. The van der Waals surface area contributed by atoms with Crippen molar-refractivity contribution >= 4 is 17.8 Å². The van der Waals surface area contributed by atoms with Crippen molar-refractivity contribution in [1.29, 1.82) is 0 Å². The van der Waals surface area contributed by atoms with Crippen LogP contribution in [0.4, 0.5) is 0 Å². The zero-order chi connectivity index (χ0) is 29.4. The number of ether oxygens (including phenoxy) is 3. The van der Waals surface area contributed by atoms with Gasteiger partial charge in [0.1, 0.15) is 6.04 Å². The quantitative estimate of drug-likeness (QED) is 0.312. The van der Waals surface area contributed by atoms with Gasteiger partial charge in [-0.15, -0.1) is 0 Å². The lowest BCUT2D eigenvalue weighted by Crippen LogP contribution is -2.47. The number of amides is 2. The van der Waals surface area contributed by atoms with Gasteiger partial charge in [-0.3, -0.25) is 14.4 Å². The van der Waals surface area contributed by atoms with E-state index in [4.69, 9.17) is 19.9 Å². The molecule has 0 unspecified atom stereocenters. The number of rotatable bonds is 13. The van der Waals surface area contributed by atoms with Gasteiger partial charge in [0.2, 0.25) is 11.7 Å². The molecule has 0 heterocycles.